The first-order valence-corrected chi connectivity index (χ1v) is 10.5. The highest BCUT2D eigenvalue weighted by Crippen LogP contribution is 2.30. The van der Waals surface area contributed by atoms with Crippen molar-refractivity contribution in [3.63, 3.8) is 0 Å². The SMILES string of the molecule is COc1ccc2oc(-c3ccc(C)c(NC(=O)c4ccc(OCC(C)C)cc4)c3)nc2c1. The zero-order valence-electron chi connectivity index (χ0n) is 18.6. The second-order valence-electron chi connectivity index (χ2n) is 8.07. The van der Waals surface area contributed by atoms with Gasteiger partial charge in [-0.15, -0.1) is 0 Å². The molecule has 4 rings (SSSR count). The molecular weight excluding hydrogens is 404 g/mol. The lowest BCUT2D eigenvalue weighted by Gasteiger charge is -2.11. The van der Waals surface area contributed by atoms with Gasteiger partial charge in [0.2, 0.25) is 5.89 Å². The van der Waals surface area contributed by atoms with E-state index in [0.29, 0.717) is 40.8 Å². The van der Waals surface area contributed by atoms with Gasteiger partial charge in [0.1, 0.15) is 17.0 Å². The summed E-state index contributed by atoms with van der Waals surface area (Å²) in [4.78, 5) is 17.4. The van der Waals surface area contributed by atoms with E-state index in [-0.39, 0.29) is 5.91 Å². The lowest BCUT2D eigenvalue weighted by Crippen LogP contribution is -2.13. The van der Waals surface area contributed by atoms with Gasteiger partial charge in [-0.2, -0.15) is 0 Å². The smallest absolute Gasteiger partial charge is 0.255 e. The van der Waals surface area contributed by atoms with E-state index in [9.17, 15) is 4.79 Å². The number of ether oxygens (including phenoxy) is 2. The van der Waals surface area contributed by atoms with Crippen molar-refractivity contribution in [2.24, 2.45) is 5.92 Å². The van der Waals surface area contributed by atoms with Crippen molar-refractivity contribution in [1.29, 1.82) is 0 Å². The number of anilines is 1. The summed E-state index contributed by atoms with van der Waals surface area (Å²) in [6.45, 7) is 6.77. The van der Waals surface area contributed by atoms with Gasteiger partial charge in [0, 0.05) is 22.9 Å². The molecule has 4 aromatic rings. The highest BCUT2D eigenvalue weighted by molar-refractivity contribution is 6.05. The molecule has 0 fully saturated rings. The van der Waals surface area contributed by atoms with Gasteiger partial charge in [-0.05, 0) is 66.9 Å². The van der Waals surface area contributed by atoms with Gasteiger partial charge in [0.05, 0.1) is 13.7 Å². The molecule has 0 saturated heterocycles. The molecule has 1 aromatic heterocycles. The summed E-state index contributed by atoms with van der Waals surface area (Å²) in [5.74, 6) is 2.20. The Labute approximate surface area is 187 Å². The third-order valence-corrected chi connectivity index (χ3v) is 5.03. The summed E-state index contributed by atoms with van der Waals surface area (Å²) in [5, 5.41) is 2.99. The lowest BCUT2D eigenvalue weighted by atomic mass is 10.1. The van der Waals surface area contributed by atoms with Crippen LogP contribution in [-0.4, -0.2) is 24.6 Å². The van der Waals surface area contributed by atoms with Crippen molar-refractivity contribution in [3.05, 3.63) is 71.8 Å². The van der Waals surface area contributed by atoms with Crippen LogP contribution in [0.3, 0.4) is 0 Å². The van der Waals surface area contributed by atoms with Crippen molar-refractivity contribution in [2.75, 3.05) is 19.0 Å². The molecular formula is C26H26N2O4. The number of carbonyl (C=O) groups is 1. The summed E-state index contributed by atoms with van der Waals surface area (Å²) in [6.07, 6.45) is 0. The van der Waals surface area contributed by atoms with Crippen molar-refractivity contribution in [3.8, 4) is 23.0 Å². The molecule has 0 spiro atoms. The van der Waals surface area contributed by atoms with Gasteiger partial charge in [0.15, 0.2) is 5.58 Å². The predicted octanol–water partition coefficient (Wildman–Crippen LogP) is 6.10. The van der Waals surface area contributed by atoms with Gasteiger partial charge >= 0.3 is 0 Å². The van der Waals surface area contributed by atoms with Crippen LogP contribution < -0.4 is 14.8 Å². The summed E-state index contributed by atoms with van der Waals surface area (Å²) >= 11 is 0. The van der Waals surface area contributed by atoms with Gasteiger partial charge in [-0.25, -0.2) is 4.98 Å². The zero-order valence-corrected chi connectivity index (χ0v) is 18.6. The van der Waals surface area contributed by atoms with E-state index in [1.165, 1.54) is 0 Å². The standard InChI is InChI=1S/C26H26N2O4/c1-16(2)15-31-20-9-7-18(8-10-20)25(29)27-22-13-19(6-5-17(22)3)26-28-23-14-21(30-4)11-12-24(23)32-26/h5-14,16H,15H2,1-4H3,(H,27,29). The number of nitrogens with one attached hydrogen (secondary N) is 1. The molecule has 6 heteroatoms. The van der Waals surface area contributed by atoms with Gasteiger partial charge < -0.3 is 19.2 Å². The molecule has 1 N–H and O–H groups in total. The number of amides is 1. The molecule has 0 aliphatic rings. The normalized spacial score (nSPS) is 11.0. The van der Waals surface area contributed by atoms with Crippen LogP contribution in [0.5, 0.6) is 11.5 Å². The van der Waals surface area contributed by atoms with Gasteiger partial charge in [-0.3, -0.25) is 4.79 Å². The minimum absolute atomic E-state index is 0.192. The number of nitrogens with zero attached hydrogens (tertiary/aromatic N) is 1. The first-order chi connectivity index (χ1) is 15.4. The second-order valence-corrected chi connectivity index (χ2v) is 8.07. The fraction of sp³-hybridized carbons (Fsp3) is 0.231. The van der Waals surface area contributed by atoms with E-state index < -0.39 is 0 Å². The summed E-state index contributed by atoms with van der Waals surface area (Å²) in [5.41, 5.74) is 4.36. The highest BCUT2D eigenvalue weighted by Gasteiger charge is 2.13. The van der Waals surface area contributed by atoms with E-state index >= 15 is 0 Å². The molecule has 0 atom stereocenters. The van der Waals surface area contributed by atoms with Crippen molar-refractivity contribution < 1.29 is 18.7 Å². The third kappa shape index (κ3) is 4.75. The van der Waals surface area contributed by atoms with Gasteiger partial charge in [0.25, 0.3) is 5.91 Å². The fourth-order valence-corrected chi connectivity index (χ4v) is 3.21. The van der Waals surface area contributed by atoms with Crippen LogP contribution in [0.1, 0.15) is 29.8 Å². The minimum atomic E-state index is -0.192. The third-order valence-electron chi connectivity index (χ3n) is 5.03. The van der Waals surface area contributed by atoms with E-state index in [1.807, 2.05) is 55.5 Å². The Bertz CT molecular complexity index is 1240. The number of carbonyl (C=O) groups excluding carboxylic acids is 1. The first-order valence-electron chi connectivity index (χ1n) is 10.5. The maximum Gasteiger partial charge on any atom is 0.255 e. The molecule has 1 amide bonds. The molecule has 0 aliphatic heterocycles. The molecule has 1 heterocycles. The molecule has 0 radical (unpaired) electrons. The molecule has 6 nitrogen and oxygen atoms in total. The van der Waals surface area contributed by atoms with Crippen LogP contribution in [0.15, 0.2) is 65.1 Å². The fourth-order valence-electron chi connectivity index (χ4n) is 3.21. The molecule has 164 valence electrons. The molecule has 0 unspecified atom stereocenters. The Balaban J connectivity index is 1.53. The van der Waals surface area contributed by atoms with Gasteiger partial charge in [-0.1, -0.05) is 19.9 Å². The average molecular weight is 431 g/mol. The zero-order chi connectivity index (χ0) is 22.7. The summed E-state index contributed by atoms with van der Waals surface area (Å²) in [7, 11) is 1.61. The van der Waals surface area contributed by atoms with Crippen LogP contribution in [0.25, 0.3) is 22.6 Å². The van der Waals surface area contributed by atoms with Crippen LogP contribution in [0.2, 0.25) is 0 Å². The topological polar surface area (TPSA) is 73.6 Å². The van der Waals surface area contributed by atoms with E-state index in [0.717, 1.165) is 22.6 Å². The monoisotopic (exact) mass is 430 g/mol. The van der Waals surface area contributed by atoms with Crippen molar-refractivity contribution in [2.45, 2.75) is 20.8 Å². The molecule has 3 aromatic carbocycles. The summed E-state index contributed by atoms with van der Waals surface area (Å²) in [6, 6.07) is 18.4. The number of rotatable bonds is 7. The quantitative estimate of drug-likeness (QED) is 0.383. The average Bonchev–Trinajstić information content (AvgIpc) is 3.22. The van der Waals surface area contributed by atoms with Crippen LogP contribution >= 0.6 is 0 Å². The maximum atomic E-state index is 12.8. The van der Waals surface area contributed by atoms with E-state index in [2.05, 4.69) is 24.1 Å². The van der Waals surface area contributed by atoms with Crippen molar-refractivity contribution >= 4 is 22.7 Å². The second kappa shape index (κ2) is 9.14. The molecule has 0 saturated carbocycles. The number of benzene rings is 3. The molecule has 32 heavy (non-hydrogen) atoms. The largest absolute Gasteiger partial charge is 0.497 e. The van der Waals surface area contributed by atoms with Crippen LogP contribution in [0, 0.1) is 12.8 Å². The number of hydrogen-bond acceptors (Lipinski definition) is 5. The minimum Gasteiger partial charge on any atom is -0.497 e. The number of methoxy groups -OCH3 is 1. The first kappa shape index (κ1) is 21.4. The van der Waals surface area contributed by atoms with E-state index in [1.54, 1.807) is 19.2 Å². The molecule has 0 aliphatic carbocycles. The van der Waals surface area contributed by atoms with E-state index in [4.69, 9.17) is 13.9 Å². The Hall–Kier alpha value is -3.80. The number of oxazole rings is 1. The predicted molar refractivity (Wildman–Crippen MR) is 125 cm³/mol. The van der Waals surface area contributed by atoms with Crippen LogP contribution in [-0.2, 0) is 0 Å². The lowest BCUT2D eigenvalue weighted by molar-refractivity contribution is 0.102. The number of hydrogen-bond donors (Lipinski definition) is 1. The Morgan fingerprint density at radius 1 is 1.03 bits per heavy atom. The number of fused-ring (bicyclic) bond motifs is 1. The Morgan fingerprint density at radius 2 is 1.78 bits per heavy atom. The Morgan fingerprint density at radius 3 is 2.50 bits per heavy atom. The van der Waals surface area contributed by atoms with Crippen molar-refractivity contribution in [1.82, 2.24) is 4.98 Å². The van der Waals surface area contributed by atoms with Crippen LogP contribution in [0.4, 0.5) is 5.69 Å². The molecule has 0 bridgehead atoms. The maximum absolute atomic E-state index is 12.8. The Kier molecular flexibility index (Phi) is 6.12. The number of aryl methyl sites for hydroxylation is 1. The highest BCUT2D eigenvalue weighted by atomic mass is 16.5. The number of aromatic nitrogens is 1. The summed E-state index contributed by atoms with van der Waals surface area (Å²) < 4.78 is 16.8.